The summed E-state index contributed by atoms with van der Waals surface area (Å²) in [6, 6.07) is 4.59. The molecule has 2 aliphatic rings. The molecule has 0 saturated carbocycles. The van der Waals surface area contributed by atoms with E-state index in [9.17, 15) is 0 Å². The number of benzene rings is 1. The van der Waals surface area contributed by atoms with Gasteiger partial charge in [0.05, 0.1) is 7.11 Å². The molecule has 20 heavy (non-hydrogen) atoms. The molecule has 1 N–H and O–H groups in total. The van der Waals surface area contributed by atoms with E-state index in [4.69, 9.17) is 4.74 Å². The number of nitrogens with zero attached hydrogens (tertiary/aromatic N) is 1. The van der Waals surface area contributed by atoms with Crippen LogP contribution in [-0.4, -0.2) is 33.8 Å². The zero-order chi connectivity index (χ0) is 13.9. The van der Waals surface area contributed by atoms with E-state index in [-0.39, 0.29) is 0 Å². The minimum absolute atomic E-state index is 0.810. The van der Waals surface area contributed by atoms with E-state index >= 15 is 0 Å². The van der Waals surface area contributed by atoms with Crippen molar-refractivity contribution in [2.45, 2.75) is 32.1 Å². The second kappa shape index (κ2) is 6.04. The van der Waals surface area contributed by atoms with Gasteiger partial charge in [-0.2, -0.15) is 0 Å². The number of fused-ring (bicyclic) bond motifs is 1. The van der Waals surface area contributed by atoms with Crippen LogP contribution in [0.25, 0.3) is 0 Å². The number of anilines is 1. The van der Waals surface area contributed by atoms with Crippen LogP contribution in [0.2, 0.25) is 0 Å². The summed E-state index contributed by atoms with van der Waals surface area (Å²) in [4.78, 5) is 2.36. The fourth-order valence-corrected chi connectivity index (χ4v) is 3.69. The molecule has 0 unspecified atom stereocenters. The van der Waals surface area contributed by atoms with Crippen molar-refractivity contribution in [1.82, 2.24) is 5.32 Å². The maximum Gasteiger partial charge on any atom is 0.127 e. The predicted molar refractivity (Wildman–Crippen MR) is 83.9 cm³/mol. The summed E-state index contributed by atoms with van der Waals surface area (Å²) in [6.07, 6.45) is 6.14. The Hall–Kier alpha value is -1.22. The second-order valence-corrected chi connectivity index (χ2v) is 6.18. The number of ether oxygens (including phenoxy) is 1. The molecule has 0 amide bonds. The minimum Gasteiger partial charge on any atom is -0.496 e. The van der Waals surface area contributed by atoms with Crippen LogP contribution in [0.4, 0.5) is 5.69 Å². The molecule has 1 fully saturated rings. The van der Waals surface area contributed by atoms with Crippen molar-refractivity contribution < 1.29 is 4.74 Å². The molecule has 3 nitrogen and oxygen atoms in total. The first-order valence-corrected chi connectivity index (χ1v) is 7.90. The average Bonchev–Trinajstić information content (AvgIpc) is 2.48. The molecule has 0 bridgehead atoms. The third-order valence-corrected chi connectivity index (χ3v) is 4.82. The Morgan fingerprint density at radius 3 is 2.85 bits per heavy atom. The van der Waals surface area contributed by atoms with Crippen molar-refractivity contribution in [1.29, 1.82) is 0 Å². The average molecular weight is 274 g/mol. The largest absolute Gasteiger partial charge is 0.496 e. The van der Waals surface area contributed by atoms with Gasteiger partial charge in [-0.25, -0.2) is 0 Å². The number of hydrogen-bond acceptors (Lipinski definition) is 3. The van der Waals surface area contributed by atoms with Gasteiger partial charge in [-0.1, -0.05) is 6.07 Å². The zero-order valence-electron chi connectivity index (χ0n) is 12.7. The highest BCUT2D eigenvalue weighted by Gasteiger charge is 2.22. The molecule has 1 saturated heterocycles. The zero-order valence-corrected chi connectivity index (χ0v) is 12.7. The molecule has 2 aliphatic heterocycles. The van der Waals surface area contributed by atoms with Gasteiger partial charge in [-0.15, -0.1) is 0 Å². The summed E-state index contributed by atoms with van der Waals surface area (Å²) in [5.41, 5.74) is 4.20. The van der Waals surface area contributed by atoms with Crippen molar-refractivity contribution in [2.75, 3.05) is 38.7 Å². The third kappa shape index (κ3) is 2.64. The minimum atomic E-state index is 0.810. The smallest absolute Gasteiger partial charge is 0.127 e. The molecule has 1 aromatic carbocycles. The monoisotopic (exact) mass is 274 g/mol. The highest BCUT2D eigenvalue weighted by Crippen LogP contribution is 2.37. The molecular formula is C17H26N2O. The van der Waals surface area contributed by atoms with Crippen LogP contribution < -0.4 is 15.0 Å². The Morgan fingerprint density at radius 2 is 2.10 bits per heavy atom. The molecule has 3 heteroatoms. The van der Waals surface area contributed by atoms with E-state index in [0.29, 0.717) is 0 Å². The Bertz CT molecular complexity index is 466. The summed E-state index contributed by atoms with van der Waals surface area (Å²) in [5, 5.41) is 3.45. The number of methoxy groups -OCH3 is 1. The normalized spacial score (nSPS) is 19.8. The van der Waals surface area contributed by atoms with Gasteiger partial charge >= 0.3 is 0 Å². The number of piperidine rings is 1. The Balaban J connectivity index is 1.87. The van der Waals surface area contributed by atoms with Crippen LogP contribution in [0, 0.1) is 5.92 Å². The molecule has 0 radical (unpaired) electrons. The number of nitrogens with one attached hydrogen (secondary N) is 1. The Labute approximate surface area is 122 Å². The maximum absolute atomic E-state index is 5.79. The van der Waals surface area contributed by atoms with Gasteiger partial charge < -0.3 is 15.0 Å². The lowest BCUT2D eigenvalue weighted by Gasteiger charge is -2.30. The van der Waals surface area contributed by atoms with Gasteiger partial charge in [0.25, 0.3) is 0 Å². The quantitative estimate of drug-likeness (QED) is 0.917. The van der Waals surface area contributed by atoms with Crippen LogP contribution in [0.1, 0.15) is 30.4 Å². The Morgan fingerprint density at radius 1 is 1.30 bits per heavy atom. The molecule has 3 rings (SSSR count). The summed E-state index contributed by atoms with van der Waals surface area (Å²) in [7, 11) is 4.01. The Kier molecular flexibility index (Phi) is 4.16. The first-order chi connectivity index (χ1) is 9.79. The van der Waals surface area contributed by atoms with Gasteiger partial charge in [0.15, 0.2) is 0 Å². The van der Waals surface area contributed by atoms with Crippen molar-refractivity contribution in [3.63, 3.8) is 0 Å². The van der Waals surface area contributed by atoms with Crippen molar-refractivity contribution in [3.05, 3.63) is 23.3 Å². The van der Waals surface area contributed by atoms with Gasteiger partial charge in [0, 0.05) is 24.8 Å². The van der Waals surface area contributed by atoms with Crippen LogP contribution >= 0.6 is 0 Å². The van der Waals surface area contributed by atoms with Gasteiger partial charge in [-0.05, 0) is 62.7 Å². The van der Waals surface area contributed by atoms with E-state index in [1.807, 2.05) is 7.11 Å². The number of hydrogen-bond donors (Lipinski definition) is 1. The molecular weight excluding hydrogens is 248 g/mol. The van der Waals surface area contributed by atoms with E-state index in [2.05, 4.69) is 29.4 Å². The second-order valence-electron chi connectivity index (χ2n) is 6.18. The van der Waals surface area contributed by atoms with E-state index < -0.39 is 0 Å². The third-order valence-electron chi connectivity index (χ3n) is 4.82. The van der Waals surface area contributed by atoms with E-state index in [0.717, 1.165) is 24.6 Å². The summed E-state index contributed by atoms with van der Waals surface area (Å²) in [6.45, 7) is 3.49. The van der Waals surface area contributed by atoms with E-state index in [1.54, 1.807) is 0 Å². The maximum atomic E-state index is 5.79. The van der Waals surface area contributed by atoms with Crippen LogP contribution in [-0.2, 0) is 12.8 Å². The van der Waals surface area contributed by atoms with Gasteiger partial charge in [0.1, 0.15) is 5.75 Å². The topological polar surface area (TPSA) is 24.5 Å². The lowest BCUT2D eigenvalue weighted by Crippen LogP contribution is -2.29. The molecule has 0 aromatic heterocycles. The van der Waals surface area contributed by atoms with Gasteiger partial charge in [-0.3, -0.25) is 0 Å². The molecule has 0 spiro atoms. The molecule has 1 aromatic rings. The fourth-order valence-electron chi connectivity index (χ4n) is 3.69. The SMILES string of the molecule is COc1c(CC2CCNCC2)ccc2c1CCCN2C. The van der Waals surface area contributed by atoms with Crippen molar-refractivity contribution >= 4 is 5.69 Å². The summed E-state index contributed by atoms with van der Waals surface area (Å²) in [5.74, 6) is 1.97. The lowest BCUT2D eigenvalue weighted by atomic mass is 9.88. The van der Waals surface area contributed by atoms with Crippen molar-refractivity contribution in [2.24, 2.45) is 5.92 Å². The highest BCUT2D eigenvalue weighted by atomic mass is 16.5. The highest BCUT2D eigenvalue weighted by molar-refractivity contribution is 5.63. The summed E-state index contributed by atoms with van der Waals surface area (Å²) < 4.78 is 5.79. The van der Waals surface area contributed by atoms with Crippen LogP contribution in [0.3, 0.4) is 0 Å². The number of rotatable bonds is 3. The standard InChI is InChI=1S/C17H26N2O/c1-19-11-3-4-15-16(19)6-5-14(17(15)20-2)12-13-7-9-18-10-8-13/h5-6,13,18H,3-4,7-12H2,1-2H3. The van der Waals surface area contributed by atoms with Crippen LogP contribution in [0.15, 0.2) is 12.1 Å². The molecule has 0 aliphatic carbocycles. The first kappa shape index (κ1) is 13.7. The van der Waals surface area contributed by atoms with Crippen molar-refractivity contribution in [3.8, 4) is 5.75 Å². The van der Waals surface area contributed by atoms with Gasteiger partial charge in [0.2, 0.25) is 0 Å². The van der Waals surface area contributed by atoms with E-state index in [1.165, 1.54) is 55.6 Å². The molecule has 2 heterocycles. The lowest BCUT2D eigenvalue weighted by molar-refractivity contribution is 0.359. The fraction of sp³-hybridized carbons (Fsp3) is 0.647. The first-order valence-electron chi connectivity index (χ1n) is 7.90. The summed E-state index contributed by atoms with van der Waals surface area (Å²) >= 11 is 0. The molecule has 110 valence electrons. The molecule has 0 atom stereocenters. The predicted octanol–water partition coefficient (Wildman–Crippen LogP) is 2.62. The van der Waals surface area contributed by atoms with Crippen LogP contribution in [0.5, 0.6) is 5.75 Å².